The van der Waals surface area contributed by atoms with Gasteiger partial charge in [-0.2, -0.15) is 11.8 Å². The number of thioether (sulfide) groups is 1. The van der Waals surface area contributed by atoms with Gasteiger partial charge >= 0.3 is 0 Å². The van der Waals surface area contributed by atoms with Crippen LogP contribution < -0.4 is 0 Å². The van der Waals surface area contributed by atoms with Gasteiger partial charge in [-0.3, -0.25) is 4.99 Å². The highest BCUT2D eigenvalue weighted by molar-refractivity contribution is 7.99. The Hall–Kier alpha value is -0.970. The molecule has 0 unspecified atom stereocenters. The van der Waals surface area contributed by atoms with E-state index in [1.54, 1.807) is 0 Å². The highest BCUT2D eigenvalue weighted by atomic mass is 32.2. The van der Waals surface area contributed by atoms with Gasteiger partial charge in [-0.15, -0.1) is 0 Å². The number of aliphatic imine (C=N–C) groups is 2. The molecule has 0 radical (unpaired) electrons. The summed E-state index contributed by atoms with van der Waals surface area (Å²) in [5.74, 6) is 4.56. The van der Waals surface area contributed by atoms with Gasteiger partial charge in [0.2, 0.25) is 0 Å². The zero-order valence-electron chi connectivity index (χ0n) is 8.59. The molecule has 4 nitrogen and oxygen atoms in total. The third-order valence-corrected chi connectivity index (χ3v) is 3.77. The van der Waals surface area contributed by atoms with E-state index >= 15 is 0 Å². The molecule has 1 fully saturated rings. The van der Waals surface area contributed by atoms with Crippen LogP contribution in [0.25, 0.3) is 0 Å². The first-order valence-electron chi connectivity index (χ1n) is 5.34. The van der Waals surface area contributed by atoms with E-state index in [1.165, 1.54) is 11.5 Å². The number of rotatable bonds is 0. The van der Waals surface area contributed by atoms with Gasteiger partial charge in [0, 0.05) is 43.5 Å². The van der Waals surface area contributed by atoms with Crippen molar-refractivity contribution in [2.75, 3.05) is 37.7 Å². The average molecular weight is 222 g/mol. The Labute approximate surface area is 93.8 Å². The highest BCUT2D eigenvalue weighted by Crippen LogP contribution is 2.16. The molecule has 0 spiro atoms. The van der Waals surface area contributed by atoms with Crippen molar-refractivity contribution in [2.24, 2.45) is 9.98 Å². The van der Waals surface area contributed by atoms with Crippen LogP contribution >= 0.6 is 11.8 Å². The van der Waals surface area contributed by atoms with Gasteiger partial charge in [-0.25, -0.2) is 4.99 Å². The average Bonchev–Trinajstić information content (AvgIpc) is 2.78. The fourth-order valence-corrected chi connectivity index (χ4v) is 2.95. The van der Waals surface area contributed by atoms with Gasteiger partial charge in [0.25, 0.3) is 0 Å². The molecule has 0 aromatic rings. The lowest BCUT2D eigenvalue weighted by molar-refractivity contribution is 0.461. The van der Waals surface area contributed by atoms with Crippen molar-refractivity contribution < 1.29 is 0 Å². The fraction of sp³-hybridized carbons (Fsp3) is 0.600. The van der Waals surface area contributed by atoms with Crippen molar-refractivity contribution in [2.45, 2.75) is 0 Å². The summed E-state index contributed by atoms with van der Waals surface area (Å²) < 4.78 is 0. The lowest BCUT2D eigenvalue weighted by Crippen LogP contribution is -2.46. The smallest absolute Gasteiger partial charge is 0.172 e. The molecular formula is C10H14N4S. The molecule has 0 amide bonds. The number of fused-ring (bicyclic) bond motifs is 1. The van der Waals surface area contributed by atoms with Crippen LogP contribution in [-0.4, -0.2) is 59.2 Å². The largest absolute Gasteiger partial charge is 0.352 e. The third kappa shape index (κ3) is 1.65. The molecule has 15 heavy (non-hydrogen) atoms. The lowest BCUT2D eigenvalue weighted by Gasteiger charge is -2.32. The van der Waals surface area contributed by atoms with Crippen molar-refractivity contribution in [3.63, 3.8) is 0 Å². The van der Waals surface area contributed by atoms with Crippen LogP contribution in [0.3, 0.4) is 0 Å². The molecule has 0 aromatic carbocycles. The Bertz CT molecular complexity index is 341. The number of hydrogen-bond acceptors (Lipinski definition) is 5. The first-order chi connectivity index (χ1) is 7.45. The van der Waals surface area contributed by atoms with Crippen molar-refractivity contribution in [1.29, 1.82) is 0 Å². The molecule has 1 saturated heterocycles. The van der Waals surface area contributed by atoms with Crippen LogP contribution in [0.2, 0.25) is 0 Å². The molecule has 5 heteroatoms. The monoisotopic (exact) mass is 222 g/mol. The molecule has 0 saturated carbocycles. The predicted octanol–water partition coefficient (Wildman–Crippen LogP) is 0.633. The van der Waals surface area contributed by atoms with Crippen molar-refractivity contribution in [3.8, 4) is 0 Å². The molecule has 3 heterocycles. The van der Waals surface area contributed by atoms with Crippen molar-refractivity contribution >= 4 is 23.4 Å². The van der Waals surface area contributed by atoms with Crippen LogP contribution in [0.4, 0.5) is 0 Å². The van der Waals surface area contributed by atoms with Crippen LogP contribution in [-0.2, 0) is 0 Å². The van der Waals surface area contributed by atoms with Crippen LogP contribution in [0.1, 0.15) is 0 Å². The molecule has 0 N–H and O–H groups in total. The van der Waals surface area contributed by atoms with Gasteiger partial charge in [0.05, 0.1) is 6.54 Å². The summed E-state index contributed by atoms with van der Waals surface area (Å²) >= 11 is 2.02. The molecular weight excluding hydrogens is 208 g/mol. The minimum atomic E-state index is 0.904. The summed E-state index contributed by atoms with van der Waals surface area (Å²) in [6.45, 7) is 4.11. The number of hydrogen-bond donors (Lipinski definition) is 0. The molecule has 3 rings (SSSR count). The van der Waals surface area contributed by atoms with Crippen LogP contribution in [0.5, 0.6) is 0 Å². The third-order valence-electron chi connectivity index (χ3n) is 2.83. The second-order valence-corrected chi connectivity index (χ2v) is 4.97. The maximum Gasteiger partial charge on any atom is 0.172 e. The van der Waals surface area contributed by atoms with Gasteiger partial charge in [-0.1, -0.05) is 0 Å². The minimum absolute atomic E-state index is 0.904. The lowest BCUT2D eigenvalue weighted by atomic mass is 10.3. The SMILES string of the molecule is C1=CN2CCN=C2C(N2CCSCC2)=N1. The first kappa shape index (κ1) is 9.27. The Kier molecular flexibility index (Phi) is 2.40. The Morgan fingerprint density at radius 2 is 2.00 bits per heavy atom. The molecule has 0 aliphatic carbocycles. The minimum Gasteiger partial charge on any atom is -0.352 e. The molecule has 80 valence electrons. The van der Waals surface area contributed by atoms with Gasteiger partial charge in [0.1, 0.15) is 0 Å². The molecule has 3 aliphatic rings. The second kappa shape index (κ2) is 3.89. The molecule has 0 bridgehead atoms. The maximum absolute atomic E-state index is 4.53. The van der Waals surface area contributed by atoms with Gasteiger partial charge < -0.3 is 9.80 Å². The van der Waals surface area contributed by atoms with Crippen LogP contribution in [0.15, 0.2) is 22.4 Å². The normalized spacial score (nSPS) is 25.1. The molecule has 3 aliphatic heterocycles. The van der Waals surface area contributed by atoms with E-state index in [4.69, 9.17) is 0 Å². The zero-order chi connectivity index (χ0) is 10.1. The summed E-state index contributed by atoms with van der Waals surface area (Å²) in [6.07, 6.45) is 3.91. The molecule has 0 aromatic heterocycles. The van der Waals surface area contributed by atoms with E-state index in [-0.39, 0.29) is 0 Å². The van der Waals surface area contributed by atoms with E-state index in [0.717, 1.165) is 37.9 Å². The van der Waals surface area contributed by atoms with E-state index in [0.29, 0.717) is 0 Å². The topological polar surface area (TPSA) is 31.2 Å². The zero-order valence-corrected chi connectivity index (χ0v) is 9.41. The summed E-state index contributed by atoms with van der Waals surface area (Å²) in [6, 6.07) is 0. The second-order valence-electron chi connectivity index (χ2n) is 3.75. The summed E-state index contributed by atoms with van der Waals surface area (Å²) in [7, 11) is 0. The Morgan fingerprint density at radius 3 is 2.87 bits per heavy atom. The number of nitrogens with zero attached hydrogens (tertiary/aromatic N) is 4. The standard InChI is InChI=1S/C10H14N4S/c1-3-13-4-2-12-10(9(13)11-1)14-5-7-15-8-6-14/h2,4H,1,3,5-8H2. The van der Waals surface area contributed by atoms with Crippen molar-refractivity contribution in [1.82, 2.24) is 9.80 Å². The van der Waals surface area contributed by atoms with Crippen molar-refractivity contribution in [3.05, 3.63) is 12.4 Å². The highest BCUT2D eigenvalue weighted by Gasteiger charge is 2.27. The van der Waals surface area contributed by atoms with E-state index in [2.05, 4.69) is 19.8 Å². The van der Waals surface area contributed by atoms with E-state index < -0.39 is 0 Å². The van der Waals surface area contributed by atoms with E-state index in [9.17, 15) is 0 Å². The Balaban J connectivity index is 1.84. The first-order valence-corrected chi connectivity index (χ1v) is 6.49. The quantitative estimate of drug-likeness (QED) is 0.602. The number of amidine groups is 2. The van der Waals surface area contributed by atoms with Gasteiger partial charge in [-0.05, 0) is 0 Å². The fourth-order valence-electron chi connectivity index (χ4n) is 2.05. The van der Waals surface area contributed by atoms with Gasteiger partial charge in [0.15, 0.2) is 11.7 Å². The summed E-state index contributed by atoms with van der Waals surface area (Å²) in [5.41, 5.74) is 0. The Morgan fingerprint density at radius 1 is 1.13 bits per heavy atom. The summed E-state index contributed by atoms with van der Waals surface area (Å²) in [4.78, 5) is 13.6. The molecule has 0 atom stereocenters. The van der Waals surface area contributed by atoms with E-state index in [1.807, 2.05) is 24.2 Å². The summed E-state index contributed by atoms with van der Waals surface area (Å²) in [5, 5.41) is 0. The maximum atomic E-state index is 4.53. The van der Waals surface area contributed by atoms with Crippen LogP contribution in [0, 0.1) is 0 Å². The predicted molar refractivity (Wildman–Crippen MR) is 64.5 cm³/mol.